The van der Waals surface area contributed by atoms with Crippen LogP contribution in [0, 0.1) is 0 Å². The highest BCUT2D eigenvalue weighted by Gasteiger charge is 2.35. The summed E-state index contributed by atoms with van der Waals surface area (Å²) in [5, 5.41) is 15.0. The molecule has 1 amide bonds. The van der Waals surface area contributed by atoms with E-state index in [-0.39, 0.29) is 17.3 Å². The normalized spacial score (nSPS) is 11.3. The molecule has 0 atom stereocenters. The zero-order valence-corrected chi connectivity index (χ0v) is 18.1. The number of nitrogens with zero attached hydrogens (tertiary/aromatic N) is 2. The van der Waals surface area contributed by atoms with Gasteiger partial charge < -0.3 is 9.84 Å². The quantitative estimate of drug-likeness (QED) is 0.311. The van der Waals surface area contributed by atoms with E-state index in [1.165, 1.54) is 0 Å². The number of hydrogen-bond donors (Lipinski definition) is 2. The second-order valence-electron chi connectivity index (χ2n) is 7.20. The number of ether oxygens (including phenoxy) is 1. The summed E-state index contributed by atoms with van der Waals surface area (Å²) in [5.74, 6) is 0.452. The van der Waals surface area contributed by atoms with Crippen molar-refractivity contribution in [2.24, 2.45) is 0 Å². The summed E-state index contributed by atoms with van der Waals surface area (Å²) in [6.07, 6.45) is -5.76. The first-order valence-corrected chi connectivity index (χ1v) is 10.3. The fraction of sp³-hybridized carbons (Fsp3) is 0.0833. The van der Waals surface area contributed by atoms with E-state index in [9.17, 15) is 18.0 Å². The number of nitrogens with one attached hydrogen (secondary N) is 1. The molecule has 6 nitrogen and oxygen atoms in total. The van der Waals surface area contributed by atoms with Gasteiger partial charge in [-0.25, -0.2) is 9.48 Å². The maximum Gasteiger partial charge on any atom is 0.435 e. The Balaban J connectivity index is 1.52. The monoisotopic (exact) mass is 487 g/mol. The van der Waals surface area contributed by atoms with Crippen molar-refractivity contribution in [2.45, 2.75) is 12.8 Å². The molecule has 3 aromatic carbocycles. The molecule has 0 fully saturated rings. The van der Waals surface area contributed by atoms with E-state index >= 15 is 0 Å². The van der Waals surface area contributed by atoms with E-state index in [2.05, 4.69) is 10.4 Å². The summed E-state index contributed by atoms with van der Waals surface area (Å²) in [5.41, 5.74) is 1.62. The Morgan fingerprint density at radius 1 is 1.00 bits per heavy atom. The minimum Gasteiger partial charge on any atom is -0.487 e. The number of para-hydroxylation sites is 1. The standard InChI is InChI=1S/C24H17ClF3N3O3/c25-20-3-1-2-4-21(20)31-18(13-22(30-31)24(26,27)28)14-34-19-11-7-16(8-12-19)15-5-9-17(10-6-15)29-23(32)33/h1-13,29H,14H2,(H,32,33). The van der Waals surface area contributed by atoms with Gasteiger partial charge in [-0.15, -0.1) is 0 Å². The average Bonchev–Trinajstić information content (AvgIpc) is 3.23. The maximum atomic E-state index is 13.3. The van der Waals surface area contributed by atoms with Gasteiger partial charge in [-0.1, -0.05) is 48.0 Å². The highest BCUT2D eigenvalue weighted by atomic mass is 35.5. The Labute approximate surface area is 197 Å². The molecule has 0 radical (unpaired) electrons. The number of aromatic nitrogens is 2. The van der Waals surface area contributed by atoms with Crippen molar-refractivity contribution in [1.29, 1.82) is 0 Å². The van der Waals surface area contributed by atoms with Crippen molar-refractivity contribution in [3.63, 3.8) is 0 Å². The molecule has 4 rings (SSSR count). The third kappa shape index (κ3) is 5.32. The minimum absolute atomic E-state index is 0.163. The number of anilines is 1. The third-order valence-corrected chi connectivity index (χ3v) is 5.18. The van der Waals surface area contributed by atoms with Crippen molar-refractivity contribution < 1.29 is 27.8 Å². The van der Waals surface area contributed by atoms with Crippen LogP contribution in [-0.2, 0) is 12.8 Å². The molecule has 0 aliphatic heterocycles. The van der Waals surface area contributed by atoms with Crippen LogP contribution in [0.1, 0.15) is 11.4 Å². The van der Waals surface area contributed by atoms with Crippen molar-refractivity contribution in [1.82, 2.24) is 9.78 Å². The van der Waals surface area contributed by atoms with E-state index in [4.69, 9.17) is 21.4 Å². The van der Waals surface area contributed by atoms with E-state index in [1.54, 1.807) is 72.8 Å². The van der Waals surface area contributed by atoms with Crippen LogP contribution in [0.15, 0.2) is 78.9 Å². The van der Waals surface area contributed by atoms with Gasteiger partial charge in [0.25, 0.3) is 0 Å². The molecule has 0 bridgehead atoms. The lowest BCUT2D eigenvalue weighted by Gasteiger charge is -2.11. The van der Waals surface area contributed by atoms with Gasteiger partial charge in [-0.3, -0.25) is 5.32 Å². The Morgan fingerprint density at radius 2 is 1.62 bits per heavy atom. The topological polar surface area (TPSA) is 76.4 Å². The van der Waals surface area contributed by atoms with Crippen LogP contribution >= 0.6 is 11.6 Å². The van der Waals surface area contributed by atoms with Crippen molar-refractivity contribution in [2.75, 3.05) is 5.32 Å². The van der Waals surface area contributed by atoms with Gasteiger partial charge in [0.1, 0.15) is 12.4 Å². The van der Waals surface area contributed by atoms with E-state index in [0.717, 1.165) is 21.9 Å². The SMILES string of the molecule is O=C(O)Nc1ccc(-c2ccc(OCc3cc(C(F)(F)F)nn3-c3ccccc3Cl)cc2)cc1. The number of carbonyl (C=O) groups is 1. The van der Waals surface area contributed by atoms with Crippen LogP contribution < -0.4 is 10.1 Å². The molecule has 0 aliphatic carbocycles. The number of rotatable bonds is 6. The average molecular weight is 488 g/mol. The van der Waals surface area contributed by atoms with E-state index in [0.29, 0.717) is 17.1 Å². The Kier molecular flexibility index (Phi) is 6.47. The van der Waals surface area contributed by atoms with Gasteiger partial charge in [0, 0.05) is 5.69 Å². The number of benzene rings is 3. The fourth-order valence-corrected chi connectivity index (χ4v) is 3.48. The van der Waals surface area contributed by atoms with Crippen LogP contribution in [0.2, 0.25) is 5.02 Å². The zero-order chi connectivity index (χ0) is 24.3. The van der Waals surface area contributed by atoms with Gasteiger partial charge in [-0.05, 0) is 53.6 Å². The van der Waals surface area contributed by atoms with Gasteiger partial charge in [0.15, 0.2) is 5.69 Å². The lowest BCUT2D eigenvalue weighted by molar-refractivity contribution is -0.141. The van der Waals surface area contributed by atoms with Gasteiger partial charge in [0.05, 0.1) is 16.4 Å². The van der Waals surface area contributed by atoms with Crippen molar-refractivity contribution >= 4 is 23.4 Å². The molecule has 1 heterocycles. The van der Waals surface area contributed by atoms with E-state index in [1.807, 2.05) is 0 Å². The second kappa shape index (κ2) is 9.48. The molecule has 0 unspecified atom stereocenters. The minimum atomic E-state index is -4.61. The number of amides is 1. The number of alkyl halides is 3. The number of carboxylic acid groups (broad SMARTS) is 1. The molecule has 0 aliphatic rings. The van der Waals surface area contributed by atoms with Crippen molar-refractivity contribution in [3.05, 3.63) is 95.3 Å². The summed E-state index contributed by atoms with van der Waals surface area (Å²) < 4.78 is 46.7. The smallest absolute Gasteiger partial charge is 0.435 e. The lowest BCUT2D eigenvalue weighted by Crippen LogP contribution is -2.08. The summed E-state index contributed by atoms with van der Waals surface area (Å²) in [4.78, 5) is 10.7. The van der Waals surface area contributed by atoms with Gasteiger partial charge in [0.2, 0.25) is 0 Å². The van der Waals surface area contributed by atoms with E-state index < -0.39 is 18.0 Å². The lowest BCUT2D eigenvalue weighted by atomic mass is 10.1. The van der Waals surface area contributed by atoms with Crippen molar-refractivity contribution in [3.8, 4) is 22.6 Å². The molecule has 34 heavy (non-hydrogen) atoms. The van der Waals surface area contributed by atoms with Crippen LogP contribution in [0.4, 0.5) is 23.7 Å². The van der Waals surface area contributed by atoms with Gasteiger partial charge in [-0.2, -0.15) is 18.3 Å². The number of hydrogen-bond acceptors (Lipinski definition) is 3. The largest absolute Gasteiger partial charge is 0.487 e. The first-order valence-electron chi connectivity index (χ1n) is 9.95. The van der Waals surface area contributed by atoms with Gasteiger partial charge >= 0.3 is 12.3 Å². The molecular formula is C24H17ClF3N3O3. The fourth-order valence-electron chi connectivity index (χ4n) is 3.26. The molecule has 174 valence electrons. The van der Waals surface area contributed by atoms with Crippen LogP contribution in [0.5, 0.6) is 5.75 Å². The molecule has 2 N–H and O–H groups in total. The zero-order valence-electron chi connectivity index (χ0n) is 17.4. The summed E-state index contributed by atoms with van der Waals surface area (Å²) in [6.45, 7) is -0.163. The third-order valence-electron chi connectivity index (χ3n) is 4.86. The highest BCUT2D eigenvalue weighted by Crippen LogP contribution is 2.31. The summed E-state index contributed by atoms with van der Waals surface area (Å²) in [6, 6.07) is 21.2. The molecule has 4 aromatic rings. The number of halogens is 4. The first-order chi connectivity index (χ1) is 16.2. The highest BCUT2D eigenvalue weighted by molar-refractivity contribution is 6.32. The predicted octanol–water partition coefficient (Wildman–Crippen LogP) is 6.88. The molecule has 1 aromatic heterocycles. The molecule has 0 spiro atoms. The Hall–Kier alpha value is -3.98. The Bertz CT molecular complexity index is 1300. The maximum absolute atomic E-state index is 13.3. The predicted molar refractivity (Wildman–Crippen MR) is 121 cm³/mol. The molecule has 0 saturated carbocycles. The first kappa shape index (κ1) is 23.2. The summed E-state index contributed by atoms with van der Waals surface area (Å²) >= 11 is 6.17. The van der Waals surface area contributed by atoms with Crippen LogP contribution in [0.25, 0.3) is 16.8 Å². The molecule has 10 heteroatoms. The molecular weight excluding hydrogens is 471 g/mol. The molecule has 0 saturated heterocycles. The second-order valence-corrected chi connectivity index (χ2v) is 7.61. The summed E-state index contributed by atoms with van der Waals surface area (Å²) in [7, 11) is 0. The van der Waals surface area contributed by atoms with Crippen LogP contribution in [0.3, 0.4) is 0 Å². The Morgan fingerprint density at radius 3 is 2.21 bits per heavy atom. The van der Waals surface area contributed by atoms with Crippen LogP contribution in [-0.4, -0.2) is 21.0 Å².